The van der Waals surface area contributed by atoms with Gasteiger partial charge in [0.2, 0.25) is 5.91 Å². The standard InChI is InChI=1S/C23H26FN3O3/c24-18-4-6-19(7-5-18)26-23(29)17-3-8-21(25-15-17)16-9-11-27(12-10-16)22(28)14-20-2-1-13-30-20/h3-8,15-16,20H,1-2,9-14H2,(H,26,29). The molecule has 0 radical (unpaired) electrons. The fourth-order valence-corrected chi connectivity index (χ4v) is 4.07. The average Bonchev–Trinajstić information content (AvgIpc) is 3.28. The number of benzene rings is 1. The molecule has 2 aliphatic heterocycles. The van der Waals surface area contributed by atoms with Crippen LogP contribution in [0, 0.1) is 5.82 Å². The van der Waals surface area contributed by atoms with Crippen LogP contribution in [-0.4, -0.2) is 47.5 Å². The number of nitrogens with one attached hydrogen (secondary N) is 1. The van der Waals surface area contributed by atoms with Crippen molar-refractivity contribution in [3.05, 3.63) is 59.7 Å². The van der Waals surface area contributed by atoms with Crippen LogP contribution < -0.4 is 5.32 Å². The van der Waals surface area contributed by atoms with Gasteiger partial charge in [-0.3, -0.25) is 14.6 Å². The quantitative estimate of drug-likeness (QED) is 0.814. The monoisotopic (exact) mass is 411 g/mol. The van der Waals surface area contributed by atoms with Crippen molar-refractivity contribution in [1.82, 2.24) is 9.88 Å². The van der Waals surface area contributed by atoms with E-state index in [0.717, 1.165) is 51.1 Å². The summed E-state index contributed by atoms with van der Waals surface area (Å²) in [7, 11) is 0. The number of hydrogen-bond acceptors (Lipinski definition) is 4. The molecule has 1 unspecified atom stereocenters. The van der Waals surface area contributed by atoms with Gasteiger partial charge in [0, 0.05) is 43.2 Å². The van der Waals surface area contributed by atoms with Gasteiger partial charge in [-0.15, -0.1) is 0 Å². The molecule has 6 nitrogen and oxygen atoms in total. The van der Waals surface area contributed by atoms with Gasteiger partial charge in [-0.25, -0.2) is 4.39 Å². The number of likely N-dealkylation sites (tertiary alicyclic amines) is 1. The van der Waals surface area contributed by atoms with Crippen molar-refractivity contribution in [3.8, 4) is 0 Å². The first kappa shape index (κ1) is 20.5. The SMILES string of the molecule is O=C(Nc1ccc(F)cc1)c1ccc(C2CCN(C(=O)CC3CCCO3)CC2)nc1. The molecule has 2 aliphatic rings. The van der Waals surface area contributed by atoms with E-state index >= 15 is 0 Å². The molecule has 158 valence electrons. The molecule has 2 fully saturated rings. The van der Waals surface area contributed by atoms with Crippen LogP contribution in [0.5, 0.6) is 0 Å². The number of piperidine rings is 1. The van der Waals surface area contributed by atoms with E-state index in [1.807, 2.05) is 11.0 Å². The Kier molecular flexibility index (Phi) is 6.38. The number of halogens is 1. The number of pyridine rings is 1. The molecular weight excluding hydrogens is 385 g/mol. The summed E-state index contributed by atoms with van der Waals surface area (Å²) >= 11 is 0. The van der Waals surface area contributed by atoms with E-state index in [1.165, 1.54) is 24.3 Å². The number of carbonyl (C=O) groups is 2. The minimum absolute atomic E-state index is 0.0884. The number of ether oxygens (including phenoxy) is 1. The van der Waals surface area contributed by atoms with E-state index < -0.39 is 0 Å². The number of anilines is 1. The van der Waals surface area contributed by atoms with Crippen molar-refractivity contribution in [3.63, 3.8) is 0 Å². The lowest BCUT2D eigenvalue weighted by Gasteiger charge is -2.32. The third-order valence-electron chi connectivity index (χ3n) is 5.84. The van der Waals surface area contributed by atoms with E-state index in [2.05, 4.69) is 10.3 Å². The maximum Gasteiger partial charge on any atom is 0.257 e. The van der Waals surface area contributed by atoms with E-state index in [1.54, 1.807) is 12.3 Å². The molecule has 3 heterocycles. The van der Waals surface area contributed by atoms with Crippen LogP contribution >= 0.6 is 0 Å². The summed E-state index contributed by atoms with van der Waals surface area (Å²) in [6, 6.07) is 9.28. The molecule has 4 rings (SSSR count). The zero-order valence-corrected chi connectivity index (χ0v) is 16.9. The number of hydrogen-bond donors (Lipinski definition) is 1. The molecule has 1 atom stereocenters. The molecule has 2 aromatic rings. The Morgan fingerprint density at radius 3 is 2.50 bits per heavy atom. The Bertz CT molecular complexity index is 872. The molecule has 2 amide bonds. The lowest BCUT2D eigenvalue weighted by molar-refractivity contribution is -0.134. The molecule has 0 saturated carbocycles. The number of rotatable bonds is 5. The molecule has 1 aromatic carbocycles. The second kappa shape index (κ2) is 9.34. The number of aromatic nitrogens is 1. The summed E-state index contributed by atoms with van der Waals surface area (Å²) in [6.07, 6.45) is 5.91. The van der Waals surface area contributed by atoms with Gasteiger partial charge in [-0.1, -0.05) is 0 Å². The summed E-state index contributed by atoms with van der Waals surface area (Å²) in [4.78, 5) is 31.2. The first-order valence-corrected chi connectivity index (χ1v) is 10.5. The van der Waals surface area contributed by atoms with Crippen LogP contribution in [0.3, 0.4) is 0 Å². The maximum absolute atomic E-state index is 13.0. The van der Waals surface area contributed by atoms with Gasteiger partial charge in [-0.05, 0) is 62.1 Å². The molecule has 2 saturated heterocycles. The molecule has 30 heavy (non-hydrogen) atoms. The van der Waals surface area contributed by atoms with Crippen LogP contribution in [0.1, 0.15) is 54.1 Å². The van der Waals surface area contributed by atoms with Gasteiger partial charge >= 0.3 is 0 Å². The minimum atomic E-state index is -0.348. The Labute approximate surface area is 175 Å². The zero-order chi connectivity index (χ0) is 20.9. The van der Waals surface area contributed by atoms with Crippen molar-refractivity contribution >= 4 is 17.5 Å². The van der Waals surface area contributed by atoms with E-state index in [4.69, 9.17) is 4.74 Å². The predicted molar refractivity (Wildman–Crippen MR) is 111 cm³/mol. The first-order chi connectivity index (χ1) is 14.6. The Hall–Kier alpha value is -2.80. The molecule has 1 aromatic heterocycles. The maximum atomic E-state index is 13.0. The van der Waals surface area contributed by atoms with Crippen LogP contribution in [0.2, 0.25) is 0 Å². The van der Waals surface area contributed by atoms with Gasteiger partial charge in [-0.2, -0.15) is 0 Å². The Morgan fingerprint density at radius 1 is 1.10 bits per heavy atom. The smallest absolute Gasteiger partial charge is 0.257 e. The second-order valence-corrected chi connectivity index (χ2v) is 7.93. The first-order valence-electron chi connectivity index (χ1n) is 10.5. The molecule has 7 heteroatoms. The van der Waals surface area contributed by atoms with Gasteiger partial charge in [0.1, 0.15) is 5.82 Å². The van der Waals surface area contributed by atoms with Crippen LogP contribution in [0.25, 0.3) is 0 Å². The third-order valence-corrected chi connectivity index (χ3v) is 5.84. The molecule has 0 spiro atoms. The highest BCUT2D eigenvalue weighted by molar-refractivity contribution is 6.04. The fourth-order valence-electron chi connectivity index (χ4n) is 4.07. The molecular formula is C23H26FN3O3. The Morgan fingerprint density at radius 2 is 1.87 bits per heavy atom. The van der Waals surface area contributed by atoms with Crippen molar-refractivity contribution in [2.24, 2.45) is 0 Å². The fraction of sp³-hybridized carbons (Fsp3) is 0.435. The summed E-state index contributed by atoms with van der Waals surface area (Å²) < 4.78 is 18.5. The topological polar surface area (TPSA) is 71.5 Å². The number of amides is 2. The highest BCUT2D eigenvalue weighted by atomic mass is 19.1. The second-order valence-electron chi connectivity index (χ2n) is 7.93. The molecule has 1 N–H and O–H groups in total. The summed E-state index contributed by atoms with van der Waals surface area (Å²) in [5.41, 5.74) is 1.93. The highest BCUT2D eigenvalue weighted by Crippen LogP contribution is 2.28. The van der Waals surface area contributed by atoms with Gasteiger partial charge in [0.05, 0.1) is 18.1 Å². The normalized spacial score (nSPS) is 19.6. The average molecular weight is 411 g/mol. The third kappa shape index (κ3) is 5.02. The molecule has 0 bridgehead atoms. The van der Waals surface area contributed by atoms with Gasteiger partial charge in [0.25, 0.3) is 5.91 Å². The van der Waals surface area contributed by atoms with E-state index in [0.29, 0.717) is 17.7 Å². The lowest BCUT2D eigenvalue weighted by Crippen LogP contribution is -2.39. The van der Waals surface area contributed by atoms with Crippen LogP contribution in [0.15, 0.2) is 42.6 Å². The highest BCUT2D eigenvalue weighted by Gasteiger charge is 2.27. The van der Waals surface area contributed by atoms with Crippen molar-refractivity contribution in [2.45, 2.75) is 44.1 Å². The van der Waals surface area contributed by atoms with Gasteiger partial charge in [0.15, 0.2) is 0 Å². The largest absolute Gasteiger partial charge is 0.378 e. The lowest BCUT2D eigenvalue weighted by atomic mass is 9.92. The van der Waals surface area contributed by atoms with E-state index in [-0.39, 0.29) is 29.7 Å². The summed E-state index contributed by atoms with van der Waals surface area (Å²) in [5, 5.41) is 2.73. The minimum Gasteiger partial charge on any atom is -0.378 e. The van der Waals surface area contributed by atoms with Crippen LogP contribution in [-0.2, 0) is 9.53 Å². The number of nitrogens with zero attached hydrogens (tertiary/aromatic N) is 2. The molecule has 0 aliphatic carbocycles. The van der Waals surface area contributed by atoms with E-state index in [9.17, 15) is 14.0 Å². The number of carbonyl (C=O) groups excluding carboxylic acids is 2. The van der Waals surface area contributed by atoms with Crippen LogP contribution in [0.4, 0.5) is 10.1 Å². The van der Waals surface area contributed by atoms with Crippen molar-refractivity contribution in [2.75, 3.05) is 25.0 Å². The van der Waals surface area contributed by atoms with Gasteiger partial charge < -0.3 is 15.0 Å². The van der Waals surface area contributed by atoms with Crippen molar-refractivity contribution < 1.29 is 18.7 Å². The zero-order valence-electron chi connectivity index (χ0n) is 16.9. The summed E-state index contributed by atoms with van der Waals surface area (Å²) in [6.45, 7) is 2.22. The predicted octanol–water partition coefficient (Wildman–Crippen LogP) is 3.75. The summed E-state index contributed by atoms with van der Waals surface area (Å²) in [5.74, 6) is -0.166. The Balaban J connectivity index is 1.28. The van der Waals surface area contributed by atoms with Crippen molar-refractivity contribution in [1.29, 1.82) is 0 Å².